The van der Waals surface area contributed by atoms with Gasteiger partial charge >= 0.3 is 11.9 Å². The molecule has 0 heterocycles. The summed E-state index contributed by atoms with van der Waals surface area (Å²) in [4.78, 5) is 25.8. The fourth-order valence-electron chi connectivity index (χ4n) is 4.25. The number of ether oxygens (including phenoxy) is 2. The Balaban J connectivity index is 3.00. The van der Waals surface area contributed by atoms with Gasteiger partial charge in [0.15, 0.2) is 0 Å². The van der Waals surface area contributed by atoms with Gasteiger partial charge in [-0.05, 0) is 24.5 Å². The third kappa shape index (κ3) is 3.35. The number of allylic oxidation sites excluding steroid dienone is 5. The summed E-state index contributed by atoms with van der Waals surface area (Å²) in [5.41, 5.74) is 2.89. The van der Waals surface area contributed by atoms with Crippen molar-refractivity contribution in [2.45, 2.75) is 38.5 Å². The first-order chi connectivity index (χ1) is 13.4. The summed E-state index contributed by atoms with van der Waals surface area (Å²) >= 11 is 0. The van der Waals surface area contributed by atoms with Gasteiger partial charge in [-0.15, -0.1) is 0 Å². The number of benzene rings is 1. The summed E-state index contributed by atoms with van der Waals surface area (Å²) in [5, 5.41) is 0. The molecule has 0 aromatic heterocycles. The number of fused-ring (bicyclic) bond motifs is 1. The average molecular weight is 380 g/mol. The lowest BCUT2D eigenvalue weighted by Gasteiger charge is -2.43. The summed E-state index contributed by atoms with van der Waals surface area (Å²) in [6, 6.07) is 7.94. The van der Waals surface area contributed by atoms with Gasteiger partial charge in [-0.25, -0.2) is 9.59 Å². The molecular formula is C24H28O4. The average Bonchev–Trinajstić information content (AvgIpc) is 2.72. The van der Waals surface area contributed by atoms with Gasteiger partial charge in [0.2, 0.25) is 0 Å². The second-order valence-electron chi connectivity index (χ2n) is 6.81. The monoisotopic (exact) mass is 380 g/mol. The SMILES string of the molecule is C=C/C=C\C=C(/C)C1(CC)C(C(=O)OC)=C(C(=O)OC)C(C)c2ccccc21. The highest BCUT2D eigenvalue weighted by molar-refractivity contribution is 6.05. The van der Waals surface area contributed by atoms with Crippen LogP contribution in [0.3, 0.4) is 0 Å². The van der Waals surface area contributed by atoms with Crippen LogP contribution in [0.15, 0.2) is 71.9 Å². The van der Waals surface area contributed by atoms with E-state index in [-0.39, 0.29) is 5.92 Å². The molecule has 1 aliphatic carbocycles. The van der Waals surface area contributed by atoms with Crippen LogP contribution in [0.1, 0.15) is 44.2 Å². The Hall–Kier alpha value is -2.88. The highest BCUT2D eigenvalue weighted by atomic mass is 16.5. The van der Waals surface area contributed by atoms with E-state index in [4.69, 9.17) is 9.47 Å². The molecule has 0 bridgehead atoms. The third-order valence-corrected chi connectivity index (χ3v) is 5.61. The molecule has 2 unspecified atom stereocenters. The number of carbonyl (C=O) groups excluding carboxylic acids is 2. The van der Waals surface area contributed by atoms with Crippen LogP contribution in [0, 0.1) is 0 Å². The molecular weight excluding hydrogens is 352 g/mol. The molecule has 1 aliphatic rings. The summed E-state index contributed by atoms with van der Waals surface area (Å²) in [7, 11) is 2.67. The van der Waals surface area contributed by atoms with Crippen LogP contribution in [0.25, 0.3) is 0 Å². The maximum Gasteiger partial charge on any atom is 0.335 e. The van der Waals surface area contributed by atoms with Crippen molar-refractivity contribution in [1.82, 2.24) is 0 Å². The van der Waals surface area contributed by atoms with E-state index in [2.05, 4.69) is 6.58 Å². The first-order valence-corrected chi connectivity index (χ1v) is 9.37. The van der Waals surface area contributed by atoms with Gasteiger partial charge in [0.1, 0.15) is 0 Å². The van der Waals surface area contributed by atoms with Crippen LogP contribution in [-0.2, 0) is 24.5 Å². The largest absolute Gasteiger partial charge is 0.466 e. The van der Waals surface area contributed by atoms with E-state index in [1.165, 1.54) is 14.2 Å². The molecule has 4 nitrogen and oxygen atoms in total. The van der Waals surface area contributed by atoms with Crippen LogP contribution >= 0.6 is 0 Å². The smallest absolute Gasteiger partial charge is 0.335 e. The zero-order chi connectivity index (χ0) is 20.9. The standard InChI is InChI=1S/C24H28O4/c1-7-9-10-13-16(3)24(8-2)19-15-12-11-14-18(19)17(4)20(22(25)27-5)21(24)23(26)28-6/h7,9-15,17H,1,8H2,2-6H3/b10-9-,16-13+. The van der Waals surface area contributed by atoms with Gasteiger partial charge in [-0.1, -0.05) is 74.6 Å². The molecule has 0 N–H and O–H groups in total. The highest BCUT2D eigenvalue weighted by Crippen LogP contribution is 2.52. The van der Waals surface area contributed by atoms with E-state index >= 15 is 0 Å². The van der Waals surface area contributed by atoms with Crippen LogP contribution in [0.4, 0.5) is 0 Å². The molecule has 2 rings (SSSR count). The molecule has 0 aliphatic heterocycles. The summed E-state index contributed by atoms with van der Waals surface area (Å²) < 4.78 is 10.2. The van der Waals surface area contributed by atoms with Crippen molar-refractivity contribution in [3.8, 4) is 0 Å². The van der Waals surface area contributed by atoms with Crippen molar-refractivity contribution in [2.75, 3.05) is 14.2 Å². The molecule has 28 heavy (non-hydrogen) atoms. The number of carbonyl (C=O) groups is 2. The van der Waals surface area contributed by atoms with Gasteiger partial charge in [0.25, 0.3) is 0 Å². The number of hydrogen-bond acceptors (Lipinski definition) is 4. The van der Waals surface area contributed by atoms with Crippen molar-refractivity contribution in [2.24, 2.45) is 0 Å². The fraction of sp³-hybridized carbons (Fsp3) is 0.333. The van der Waals surface area contributed by atoms with Crippen LogP contribution < -0.4 is 0 Å². The van der Waals surface area contributed by atoms with Gasteiger partial charge in [0, 0.05) is 11.3 Å². The summed E-state index contributed by atoms with van der Waals surface area (Å²) in [6.45, 7) is 9.60. The molecule has 0 amide bonds. The van der Waals surface area contributed by atoms with Gasteiger partial charge < -0.3 is 9.47 Å². The Bertz CT molecular complexity index is 872. The highest BCUT2D eigenvalue weighted by Gasteiger charge is 2.49. The maximum absolute atomic E-state index is 13.0. The number of methoxy groups -OCH3 is 2. The predicted molar refractivity (Wildman–Crippen MR) is 111 cm³/mol. The van der Waals surface area contributed by atoms with Crippen molar-refractivity contribution < 1.29 is 19.1 Å². The lowest BCUT2D eigenvalue weighted by Crippen LogP contribution is -2.41. The number of rotatable bonds is 6. The Morgan fingerprint density at radius 1 is 1.14 bits per heavy atom. The molecule has 0 spiro atoms. The number of hydrogen-bond donors (Lipinski definition) is 0. The molecule has 1 aromatic carbocycles. The predicted octanol–water partition coefficient (Wildman–Crippen LogP) is 4.78. The Labute approximate surface area is 167 Å². The van der Waals surface area contributed by atoms with E-state index < -0.39 is 17.4 Å². The molecule has 148 valence electrons. The van der Waals surface area contributed by atoms with E-state index in [0.29, 0.717) is 17.6 Å². The minimum absolute atomic E-state index is 0.283. The molecule has 2 atom stereocenters. The Kier molecular flexibility index (Phi) is 6.79. The second kappa shape index (κ2) is 8.87. The fourth-order valence-corrected chi connectivity index (χ4v) is 4.25. The van der Waals surface area contributed by atoms with E-state index in [0.717, 1.165) is 16.7 Å². The quantitative estimate of drug-likeness (QED) is 0.526. The van der Waals surface area contributed by atoms with Crippen LogP contribution in [0.2, 0.25) is 0 Å². The van der Waals surface area contributed by atoms with Gasteiger partial charge in [-0.2, -0.15) is 0 Å². The van der Waals surface area contributed by atoms with E-state index in [1.54, 1.807) is 6.08 Å². The maximum atomic E-state index is 13.0. The minimum atomic E-state index is -0.786. The van der Waals surface area contributed by atoms with Crippen molar-refractivity contribution in [1.29, 1.82) is 0 Å². The lowest BCUT2D eigenvalue weighted by atomic mass is 9.59. The second-order valence-corrected chi connectivity index (χ2v) is 6.81. The van der Waals surface area contributed by atoms with Gasteiger partial charge in [-0.3, -0.25) is 0 Å². The Morgan fingerprint density at radius 3 is 2.36 bits per heavy atom. The molecule has 1 aromatic rings. The van der Waals surface area contributed by atoms with Crippen molar-refractivity contribution in [3.05, 3.63) is 83.0 Å². The molecule has 0 radical (unpaired) electrons. The summed E-state index contributed by atoms with van der Waals surface area (Å²) in [6.07, 6.45) is 7.94. The van der Waals surface area contributed by atoms with Crippen molar-refractivity contribution >= 4 is 11.9 Å². The van der Waals surface area contributed by atoms with Crippen LogP contribution in [-0.4, -0.2) is 26.2 Å². The molecule has 4 heteroatoms. The zero-order valence-corrected chi connectivity index (χ0v) is 17.2. The normalized spacial score (nSPS) is 22.0. The van der Waals surface area contributed by atoms with E-state index in [1.807, 2.05) is 63.3 Å². The summed E-state index contributed by atoms with van der Waals surface area (Å²) in [5.74, 6) is -1.30. The van der Waals surface area contributed by atoms with Crippen molar-refractivity contribution in [3.63, 3.8) is 0 Å². The first kappa shape index (κ1) is 21.4. The first-order valence-electron chi connectivity index (χ1n) is 9.37. The van der Waals surface area contributed by atoms with Gasteiger partial charge in [0.05, 0.1) is 25.4 Å². The third-order valence-electron chi connectivity index (χ3n) is 5.61. The minimum Gasteiger partial charge on any atom is -0.466 e. The molecule has 0 saturated heterocycles. The Morgan fingerprint density at radius 2 is 1.79 bits per heavy atom. The molecule has 0 fully saturated rings. The topological polar surface area (TPSA) is 52.6 Å². The zero-order valence-electron chi connectivity index (χ0n) is 17.2. The van der Waals surface area contributed by atoms with E-state index in [9.17, 15) is 9.59 Å². The molecule has 0 saturated carbocycles. The lowest BCUT2D eigenvalue weighted by molar-refractivity contribution is -0.140. The number of esters is 2. The van der Waals surface area contributed by atoms with Crippen LogP contribution in [0.5, 0.6) is 0 Å².